The molecule has 66 heavy (non-hydrogen) atoms. The van der Waals surface area contributed by atoms with Crippen LogP contribution in [0.3, 0.4) is 0 Å². The average Bonchev–Trinajstić information content (AvgIpc) is 3.31. The van der Waals surface area contributed by atoms with Gasteiger partial charge in [0.25, 0.3) is 0 Å². The third-order valence-corrected chi connectivity index (χ3v) is 12.9. The highest BCUT2D eigenvalue weighted by Crippen LogP contribution is 2.16. The molecule has 0 N–H and O–H groups in total. The summed E-state index contributed by atoms with van der Waals surface area (Å²) in [5.41, 5.74) is 0. The van der Waals surface area contributed by atoms with Gasteiger partial charge in [-0.3, -0.25) is 14.4 Å². The number of hydrogen-bond acceptors (Lipinski definition) is 6. The lowest BCUT2D eigenvalue weighted by Crippen LogP contribution is -2.30. The lowest BCUT2D eigenvalue weighted by molar-refractivity contribution is -0.167. The van der Waals surface area contributed by atoms with Crippen LogP contribution in [0.15, 0.2) is 36.5 Å². The molecule has 0 spiro atoms. The van der Waals surface area contributed by atoms with Gasteiger partial charge in [-0.15, -0.1) is 0 Å². The Balaban J connectivity index is 4.36. The second kappa shape index (κ2) is 55.2. The Morgan fingerprint density at radius 2 is 0.545 bits per heavy atom. The molecule has 0 aliphatic carbocycles. The van der Waals surface area contributed by atoms with Gasteiger partial charge in [-0.1, -0.05) is 250 Å². The number of carbonyl (C=O) groups excluding carboxylic acids is 3. The minimum Gasteiger partial charge on any atom is -0.462 e. The highest BCUT2D eigenvalue weighted by molar-refractivity contribution is 5.71. The van der Waals surface area contributed by atoms with Crippen molar-refractivity contribution >= 4 is 17.9 Å². The fourth-order valence-electron chi connectivity index (χ4n) is 8.47. The maximum atomic E-state index is 12.9. The van der Waals surface area contributed by atoms with E-state index in [0.29, 0.717) is 19.3 Å². The molecular formula is C60H110O6. The first kappa shape index (κ1) is 63.6. The van der Waals surface area contributed by atoms with E-state index in [0.717, 1.165) is 77.0 Å². The van der Waals surface area contributed by atoms with Crippen molar-refractivity contribution in [1.29, 1.82) is 0 Å². The maximum absolute atomic E-state index is 12.9. The Kier molecular flexibility index (Phi) is 53.2. The van der Waals surface area contributed by atoms with Gasteiger partial charge in [0.2, 0.25) is 0 Å². The molecule has 0 radical (unpaired) electrons. The number of carbonyl (C=O) groups is 3. The van der Waals surface area contributed by atoms with Gasteiger partial charge < -0.3 is 14.2 Å². The van der Waals surface area contributed by atoms with Crippen molar-refractivity contribution in [2.24, 2.45) is 0 Å². The molecular weight excluding hydrogens is 817 g/mol. The minimum atomic E-state index is -0.776. The number of hydrogen-bond donors (Lipinski definition) is 0. The van der Waals surface area contributed by atoms with E-state index in [1.807, 2.05) is 0 Å². The first-order valence-corrected chi connectivity index (χ1v) is 29.0. The van der Waals surface area contributed by atoms with Crippen molar-refractivity contribution in [2.45, 2.75) is 316 Å². The van der Waals surface area contributed by atoms with Gasteiger partial charge in [-0.2, -0.15) is 0 Å². The summed E-state index contributed by atoms with van der Waals surface area (Å²) in [6.45, 7) is 6.64. The van der Waals surface area contributed by atoms with Crippen LogP contribution in [0, 0.1) is 0 Å². The van der Waals surface area contributed by atoms with Crippen molar-refractivity contribution in [3.63, 3.8) is 0 Å². The van der Waals surface area contributed by atoms with Crippen LogP contribution in [0.4, 0.5) is 0 Å². The van der Waals surface area contributed by atoms with Crippen LogP contribution in [-0.2, 0) is 28.6 Å². The van der Waals surface area contributed by atoms with Crippen molar-refractivity contribution in [2.75, 3.05) is 13.2 Å². The molecule has 0 aromatic heterocycles. The summed E-state index contributed by atoms with van der Waals surface area (Å²) in [5, 5.41) is 0. The van der Waals surface area contributed by atoms with E-state index in [-0.39, 0.29) is 31.1 Å². The van der Waals surface area contributed by atoms with E-state index in [2.05, 4.69) is 57.2 Å². The predicted molar refractivity (Wildman–Crippen MR) is 284 cm³/mol. The van der Waals surface area contributed by atoms with Crippen molar-refractivity contribution in [3.8, 4) is 0 Å². The Labute approximate surface area is 410 Å². The van der Waals surface area contributed by atoms with E-state index >= 15 is 0 Å². The van der Waals surface area contributed by atoms with E-state index in [1.54, 1.807) is 0 Å². The lowest BCUT2D eigenvalue weighted by atomic mass is 10.0. The standard InChI is InChI=1S/C60H110O6/c1-4-7-10-13-16-19-22-25-28-30-33-35-38-41-44-47-50-53-59(62)65-56-57(55-64-58(61)52-49-46-43-40-37-34-31-27-24-21-18-15-12-9-6-3)66-60(63)54-51-48-45-42-39-36-32-29-26-23-20-17-14-11-8-5-2/h18,21,25,27-28,31,57H,4-17,19-20,22-24,26,29-30,32-56H2,1-3H3/b21-18-,28-25-,31-27-. The molecule has 6 heteroatoms. The van der Waals surface area contributed by atoms with Gasteiger partial charge in [-0.25, -0.2) is 0 Å². The highest BCUT2D eigenvalue weighted by Gasteiger charge is 2.19. The molecule has 1 unspecified atom stereocenters. The van der Waals surface area contributed by atoms with Crippen LogP contribution < -0.4 is 0 Å². The number of esters is 3. The van der Waals surface area contributed by atoms with Crippen molar-refractivity contribution in [1.82, 2.24) is 0 Å². The molecule has 0 fully saturated rings. The molecule has 386 valence electrons. The van der Waals surface area contributed by atoms with Crippen LogP contribution in [0.5, 0.6) is 0 Å². The third-order valence-electron chi connectivity index (χ3n) is 12.9. The Bertz CT molecular complexity index is 1110. The second-order valence-corrected chi connectivity index (χ2v) is 19.6. The zero-order valence-electron chi connectivity index (χ0n) is 44.2. The molecule has 6 nitrogen and oxygen atoms in total. The number of unbranched alkanes of at least 4 members (excludes halogenated alkanes) is 36. The van der Waals surface area contributed by atoms with E-state index in [4.69, 9.17) is 14.2 Å². The van der Waals surface area contributed by atoms with Crippen LogP contribution in [0.25, 0.3) is 0 Å². The summed E-state index contributed by atoms with van der Waals surface area (Å²) in [6, 6.07) is 0. The lowest BCUT2D eigenvalue weighted by Gasteiger charge is -2.18. The average molecular weight is 928 g/mol. The molecule has 0 heterocycles. The van der Waals surface area contributed by atoms with Crippen LogP contribution >= 0.6 is 0 Å². The van der Waals surface area contributed by atoms with Gasteiger partial charge >= 0.3 is 17.9 Å². The van der Waals surface area contributed by atoms with Crippen LogP contribution in [0.1, 0.15) is 310 Å². The molecule has 0 amide bonds. The summed E-state index contributed by atoms with van der Waals surface area (Å²) in [5.74, 6) is -0.876. The van der Waals surface area contributed by atoms with E-state index in [9.17, 15) is 14.4 Å². The Hall–Kier alpha value is -2.37. The Morgan fingerprint density at radius 3 is 0.879 bits per heavy atom. The fourth-order valence-corrected chi connectivity index (χ4v) is 8.47. The maximum Gasteiger partial charge on any atom is 0.306 e. The Morgan fingerprint density at radius 1 is 0.303 bits per heavy atom. The minimum absolute atomic E-state index is 0.0755. The van der Waals surface area contributed by atoms with E-state index < -0.39 is 6.10 Å². The molecule has 1 atom stereocenters. The first-order valence-electron chi connectivity index (χ1n) is 29.0. The molecule has 0 aromatic rings. The molecule has 0 aliphatic rings. The van der Waals surface area contributed by atoms with Gasteiger partial charge in [-0.05, 0) is 77.0 Å². The number of allylic oxidation sites excluding steroid dienone is 6. The molecule has 0 rings (SSSR count). The number of ether oxygens (including phenoxy) is 3. The first-order chi connectivity index (χ1) is 32.5. The fraction of sp³-hybridized carbons (Fsp3) is 0.850. The van der Waals surface area contributed by atoms with Gasteiger partial charge in [0.1, 0.15) is 13.2 Å². The van der Waals surface area contributed by atoms with Gasteiger partial charge in [0, 0.05) is 19.3 Å². The van der Waals surface area contributed by atoms with Crippen LogP contribution in [-0.4, -0.2) is 37.2 Å². The van der Waals surface area contributed by atoms with E-state index in [1.165, 1.54) is 193 Å². The van der Waals surface area contributed by atoms with Crippen molar-refractivity contribution < 1.29 is 28.6 Å². The van der Waals surface area contributed by atoms with Crippen LogP contribution in [0.2, 0.25) is 0 Å². The smallest absolute Gasteiger partial charge is 0.306 e. The summed E-state index contributed by atoms with van der Waals surface area (Å²) in [6.07, 6.45) is 65.6. The molecule has 0 bridgehead atoms. The van der Waals surface area contributed by atoms with Gasteiger partial charge in [0.15, 0.2) is 6.10 Å². The topological polar surface area (TPSA) is 78.9 Å². The quantitative estimate of drug-likeness (QED) is 0.0262. The summed E-state index contributed by atoms with van der Waals surface area (Å²) >= 11 is 0. The monoisotopic (exact) mass is 927 g/mol. The number of rotatable bonds is 53. The van der Waals surface area contributed by atoms with Crippen molar-refractivity contribution in [3.05, 3.63) is 36.5 Å². The normalized spacial score (nSPS) is 12.2. The third kappa shape index (κ3) is 52.6. The molecule has 0 saturated heterocycles. The van der Waals surface area contributed by atoms with Gasteiger partial charge in [0.05, 0.1) is 0 Å². The molecule has 0 saturated carbocycles. The molecule has 0 aromatic carbocycles. The summed E-state index contributed by atoms with van der Waals surface area (Å²) in [7, 11) is 0. The molecule has 0 aliphatic heterocycles. The second-order valence-electron chi connectivity index (χ2n) is 19.6. The largest absolute Gasteiger partial charge is 0.462 e. The highest BCUT2D eigenvalue weighted by atomic mass is 16.6. The summed E-state index contributed by atoms with van der Waals surface area (Å²) in [4.78, 5) is 38.1. The predicted octanol–water partition coefficient (Wildman–Crippen LogP) is 19.3. The zero-order valence-corrected chi connectivity index (χ0v) is 44.2. The summed E-state index contributed by atoms with van der Waals surface area (Å²) < 4.78 is 16.9. The SMILES string of the molecule is CCCCC/C=C\C/C=C\CCCCCCCC(=O)OCC(COC(=O)CCCCCCCCC/C=C\CCCCCCCC)OC(=O)CCCCCCCCCCCCCCCCCC. The zero-order chi connectivity index (χ0) is 47.9.